The molecule has 1 fully saturated rings. The molecular formula is C30H30N2O5. The van der Waals surface area contributed by atoms with Crippen LogP contribution in [0, 0.1) is 27.7 Å². The van der Waals surface area contributed by atoms with Crippen LogP contribution in [0.4, 0.5) is 10.5 Å². The summed E-state index contributed by atoms with van der Waals surface area (Å²) in [5.74, 6) is -0.389. The van der Waals surface area contributed by atoms with E-state index < -0.39 is 17.8 Å². The number of urea groups is 1. The molecule has 1 heterocycles. The SMILES string of the molecule is CCOc1cc(/C=C2\C(=O)NC(=O)N(c3ccc(C)cc3C)C2=O)ccc1OCc1cc(C)cc(C)c1. The Balaban J connectivity index is 1.63. The van der Waals surface area contributed by atoms with Gasteiger partial charge in [0.25, 0.3) is 11.8 Å². The van der Waals surface area contributed by atoms with Crippen LogP contribution in [-0.4, -0.2) is 24.5 Å². The second-order valence-electron chi connectivity index (χ2n) is 9.17. The van der Waals surface area contributed by atoms with E-state index in [0.717, 1.165) is 32.7 Å². The minimum absolute atomic E-state index is 0.147. The number of ether oxygens (including phenoxy) is 2. The first kappa shape index (κ1) is 25.7. The highest BCUT2D eigenvalue weighted by molar-refractivity contribution is 6.39. The van der Waals surface area contributed by atoms with Gasteiger partial charge < -0.3 is 9.47 Å². The molecule has 7 heteroatoms. The van der Waals surface area contributed by atoms with Gasteiger partial charge in [-0.3, -0.25) is 14.9 Å². The second kappa shape index (κ2) is 10.7. The minimum Gasteiger partial charge on any atom is -0.490 e. The number of barbiturate groups is 1. The first-order chi connectivity index (χ1) is 17.7. The van der Waals surface area contributed by atoms with Crippen LogP contribution in [0.3, 0.4) is 0 Å². The molecule has 4 rings (SSSR count). The molecule has 190 valence electrons. The molecule has 1 saturated heterocycles. The largest absolute Gasteiger partial charge is 0.490 e. The van der Waals surface area contributed by atoms with Gasteiger partial charge in [-0.25, -0.2) is 9.69 Å². The Morgan fingerprint density at radius 2 is 1.54 bits per heavy atom. The Kier molecular flexibility index (Phi) is 7.43. The molecule has 3 aromatic rings. The lowest BCUT2D eigenvalue weighted by molar-refractivity contribution is -0.122. The summed E-state index contributed by atoms with van der Waals surface area (Å²) in [6.45, 7) is 10.5. The van der Waals surface area contributed by atoms with Crippen LogP contribution in [0.2, 0.25) is 0 Å². The molecule has 0 bridgehead atoms. The topological polar surface area (TPSA) is 84.9 Å². The molecular weight excluding hydrogens is 468 g/mol. The van der Waals surface area contributed by atoms with Crippen molar-refractivity contribution in [3.8, 4) is 11.5 Å². The molecule has 0 radical (unpaired) electrons. The van der Waals surface area contributed by atoms with Crippen molar-refractivity contribution in [2.24, 2.45) is 0 Å². The molecule has 4 amide bonds. The standard InChI is InChI=1S/C30H30N2O5/c1-6-36-27-16-22(8-10-26(27)37-17-23-13-19(3)11-20(4)14-23)15-24-28(33)31-30(35)32(29(24)34)25-9-7-18(2)12-21(25)5/h7-16H,6,17H2,1-5H3,(H,31,33,35)/b24-15+. The van der Waals surface area contributed by atoms with Gasteiger partial charge >= 0.3 is 6.03 Å². The predicted molar refractivity (Wildman–Crippen MR) is 143 cm³/mol. The van der Waals surface area contributed by atoms with Gasteiger partial charge in [0.05, 0.1) is 12.3 Å². The van der Waals surface area contributed by atoms with Crippen molar-refractivity contribution in [3.05, 3.63) is 93.6 Å². The number of aryl methyl sites for hydroxylation is 4. The van der Waals surface area contributed by atoms with Crippen LogP contribution in [0.5, 0.6) is 11.5 Å². The Hall–Kier alpha value is -4.39. The number of carbonyl (C=O) groups is 3. The number of anilines is 1. The first-order valence-electron chi connectivity index (χ1n) is 12.1. The molecule has 7 nitrogen and oxygen atoms in total. The monoisotopic (exact) mass is 498 g/mol. The molecule has 3 aromatic carbocycles. The van der Waals surface area contributed by atoms with Crippen molar-refractivity contribution in [2.75, 3.05) is 11.5 Å². The molecule has 0 atom stereocenters. The van der Waals surface area contributed by atoms with Gasteiger partial charge in [-0.1, -0.05) is 53.1 Å². The third-order valence-electron chi connectivity index (χ3n) is 5.95. The van der Waals surface area contributed by atoms with E-state index >= 15 is 0 Å². The average Bonchev–Trinajstić information content (AvgIpc) is 2.82. The molecule has 1 aliphatic rings. The number of amides is 4. The van der Waals surface area contributed by atoms with Crippen LogP contribution in [0.15, 0.2) is 60.2 Å². The lowest BCUT2D eigenvalue weighted by Gasteiger charge is -2.27. The van der Waals surface area contributed by atoms with Crippen molar-refractivity contribution < 1.29 is 23.9 Å². The second-order valence-corrected chi connectivity index (χ2v) is 9.17. The van der Waals surface area contributed by atoms with Gasteiger partial charge in [-0.2, -0.15) is 0 Å². The van der Waals surface area contributed by atoms with E-state index in [0.29, 0.717) is 36.0 Å². The normalized spacial score (nSPS) is 14.7. The summed E-state index contributed by atoms with van der Waals surface area (Å²) in [6, 6.07) is 16.1. The van der Waals surface area contributed by atoms with E-state index in [2.05, 4.69) is 23.5 Å². The van der Waals surface area contributed by atoms with Gasteiger partial charge in [0.2, 0.25) is 0 Å². The van der Waals surface area contributed by atoms with Crippen LogP contribution in [-0.2, 0) is 16.2 Å². The van der Waals surface area contributed by atoms with Crippen LogP contribution in [0.25, 0.3) is 6.08 Å². The summed E-state index contributed by atoms with van der Waals surface area (Å²) >= 11 is 0. The zero-order valence-electron chi connectivity index (χ0n) is 21.7. The predicted octanol–water partition coefficient (Wildman–Crippen LogP) is 5.56. The van der Waals surface area contributed by atoms with Gasteiger partial charge in [-0.05, 0) is 75.6 Å². The average molecular weight is 499 g/mol. The third kappa shape index (κ3) is 5.72. The lowest BCUT2D eigenvalue weighted by atomic mass is 10.0. The Bertz CT molecular complexity index is 1400. The molecule has 37 heavy (non-hydrogen) atoms. The van der Waals surface area contributed by atoms with Crippen molar-refractivity contribution in [3.63, 3.8) is 0 Å². The number of hydrogen-bond acceptors (Lipinski definition) is 5. The fourth-order valence-electron chi connectivity index (χ4n) is 4.41. The molecule has 1 N–H and O–H groups in total. The zero-order valence-corrected chi connectivity index (χ0v) is 21.7. The van der Waals surface area contributed by atoms with Crippen LogP contribution < -0.4 is 19.7 Å². The van der Waals surface area contributed by atoms with Gasteiger partial charge in [0.15, 0.2) is 11.5 Å². The van der Waals surface area contributed by atoms with E-state index in [4.69, 9.17) is 9.47 Å². The minimum atomic E-state index is -0.774. The summed E-state index contributed by atoms with van der Waals surface area (Å²) in [6.07, 6.45) is 1.46. The van der Waals surface area contributed by atoms with E-state index in [9.17, 15) is 14.4 Å². The number of imide groups is 2. The maximum Gasteiger partial charge on any atom is 0.335 e. The highest BCUT2D eigenvalue weighted by atomic mass is 16.5. The number of hydrogen-bond donors (Lipinski definition) is 1. The summed E-state index contributed by atoms with van der Waals surface area (Å²) in [7, 11) is 0. The number of carbonyl (C=O) groups excluding carboxylic acids is 3. The molecule has 0 unspecified atom stereocenters. The van der Waals surface area contributed by atoms with E-state index in [1.165, 1.54) is 6.08 Å². The van der Waals surface area contributed by atoms with Crippen molar-refractivity contribution >= 4 is 29.6 Å². The summed E-state index contributed by atoms with van der Waals surface area (Å²) in [5, 5.41) is 2.27. The summed E-state index contributed by atoms with van der Waals surface area (Å²) in [5.41, 5.74) is 5.97. The highest BCUT2D eigenvalue weighted by Gasteiger charge is 2.37. The first-order valence-corrected chi connectivity index (χ1v) is 12.1. The van der Waals surface area contributed by atoms with E-state index in [1.54, 1.807) is 24.3 Å². The Labute approximate surface area is 216 Å². The molecule has 0 spiro atoms. The van der Waals surface area contributed by atoms with Gasteiger partial charge in [-0.15, -0.1) is 0 Å². The third-order valence-corrected chi connectivity index (χ3v) is 5.95. The van der Waals surface area contributed by atoms with Crippen LogP contribution in [0.1, 0.15) is 40.3 Å². The van der Waals surface area contributed by atoms with Crippen molar-refractivity contribution in [1.29, 1.82) is 0 Å². The Morgan fingerprint density at radius 1 is 0.811 bits per heavy atom. The summed E-state index contributed by atoms with van der Waals surface area (Å²) in [4.78, 5) is 39.5. The summed E-state index contributed by atoms with van der Waals surface area (Å²) < 4.78 is 11.8. The quantitative estimate of drug-likeness (QED) is 0.340. The number of nitrogens with one attached hydrogen (secondary N) is 1. The fraction of sp³-hybridized carbons (Fsp3) is 0.233. The van der Waals surface area contributed by atoms with E-state index in [-0.39, 0.29) is 5.57 Å². The van der Waals surface area contributed by atoms with Crippen molar-refractivity contribution in [2.45, 2.75) is 41.2 Å². The smallest absolute Gasteiger partial charge is 0.335 e. The molecule has 0 aromatic heterocycles. The highest BCUT2D eigenvalue weighted by Crippen LogP contribution is 2.31. The molecule has 0 aliphatic carbocycles. The fourth-order valence-corrected chi connectivity index (χ4v) is 4.41. The number of benzene rings is 3. The van der Waals surface area contributed by atoms with Gasteiger partial charge in [0.1, 0.15) is 12.2 Å². The lowest BCUT2D eigenvalue weighted by Crippen LogP contribution is -2.54. The van der Waals surface area contributed by atoms with E-state index in [1.807, 2.05) is 46.8 Å². The van der Waals surface area contributed by atoms with Crippen LogP contribution >= 0.6 is 0 Å². The number of rotatable bonds is 7. The molecule has 0 saturated carbocycles. The molecule has 1 aliphatic heterocycles. The zero-order chi connectivity index (χ0) is 26.7. The van der Waals surface area contributed by atoms with Crippen molar-refractivity contribution in [1.82, 2.24) is 5.32 Å². The maximum atomic E-state index is 13.3. The van der Waals surface area contributed by atoms with Gasteiger partial charge in [0, 0.05) is 0 Å². The Morgan fingerprint density at radius 3 is 2.22 bits per heavy atom. The number of nitrogens with zero attached hydrogens (tertiary/aromatic N) is 1. The maximum absolute atomic E-state index is 13.3.